The van der Waals surface area contributed by atoms with Crippen LogP contribution in [0.4, 0.5) is 4.79 Å². The van der Waals surface area contributed by atoms with Crippen LogP contribution in [0.1, 0.15) is 38.5 Å². The molecule has 0 spiro atoms. The molecule has 1 atom stereocenters. The zero-order valence-corrected chi connectivity index (χ0v) is 12.2. The van der Waals surface area contributed by atoms with Crippen molar-refractivity contribution in [3.63, 3.8) is 0 Å². The maximum atomic E-state index is 12.1. The van der Waals surface area contributed by atoms with Gasteiger partial charge in [0.15, 0.2) is 0 Å². The summed E-state index contributed by atoms with van der Waals surface area (Å²) in [6.45, 7) is 1.20. The molecule has 1 saturated heterocycles. The third-order valence-electron chi connectivity index (χ3n) is 4.31. The Labute approximate surface area is 118 Å². The molecule has 2 amide bonds. The highest BCUT2D eigenvalue weighted by molar-refractivity contribution is 8.00. The van der Waals surface area contributed by atoms with Crippen LogP contribution < -0.4 is 5.32 Å². The van der Waals surface area contributed by atoms with Crippen LogP contribution >= 0.6 is 11.8 Å². The number of nitrogens with zero attached hydrogens (tertiary/aromatic N) is 1. The molecule has 5 nitrogen and oxygen atoms in total. The number of nitrogens with one attached hydrogen (secondary N) is 1. The quantitative estimate of drug-likeness (QED) is 0.828. The van der Waals surface area contributed by atoms with Gasteiger partial charge in [-0.2, -0.15) is 11.8 Å². The standard InChI is InChI=1S/C13H22N2O3S/c1-19-13(6-2-3-7-13)9-14-12(18)15-8-4-5-10(15)11(16)17/h10H,2-9H2,1H3,(H,14,18)(H,16,17)/t10-/m0/s1. The second kappa shape index (κ2) is 6.03. The Kier molecular flexibility index (Phi) is 4.60. The number of carbonyl (C=O) groups is 2. The molecule has 6 heteroatoms. The van der Waals surface area contributed by atoms with E-state index in [0.29, 0.717) is 19.5 Å². The molecule has 1 aliphatic heterocycles. The predicted octanol–water partition coefficient (Wildman–Crippen LogP) is 1.92. The van der Waals surface area contributed by atoms with Crippen molar-refractivity contribution < 1.29 is 14.7 Å². The second-order valence-electron chi connectivity index (χ2n) is 5.44. The zero-order chi connectivity index (χ0) is 13.9. The molecular weight excluding hydrogens is 264 g/mol. The van der Waals surface area contributed by atoms with Gasteiger partial charge in [0.1, 0.15) is 6.04 Å². The van der Waals surface area contributed by atoms with Crippen LogP contribution in [0, 0.1) is 0 Å². The summed E-state index contributed by atoms with van der Waals surface area (Å²) in [5.74, 6) is -0.895. The van der Waals surface area contributed by atoms with Crippen molar-refractivity contribution in [3.8, 4) is 0 Å². The van der Waals surface area contributed by atoms with Gasteiger partial charge in [-0.1, -0.05) is 12.8 Å². The van der Waals surface area contributed by atoms with Crippen LogP contribution in [-0.4, -0.2) is 52.1 Å². The van der Waals surface area contributed by atoms with Gasteiger partial charge < -0.3 is 15.3 Å². The number of carboxylic acid groups (broad SMARTS) is 1. The van der Waals surface area contributed by atoms with E-state index in [1.807, 2.05) is 11.8 Å². The molecule has 2 fully saturated rings. The third kappa shape index (κ3) is 3.16. The number of amides is 2. The van der Waals surface area contributed by atoms with Crippen LogP contribution in [0.2, 0.25) is 0 Å². The summed E-state index contributed by atoms with van der Waals surface area (Å²) in [6.07, 6.45) is 8.14. The number of thioether (sulfide) groups is 1. The number of aliphatic carboxylic acids is 1. The van der Waals surface area contributed by atoms with Crippen molar-refractivity contribution in [2.75, 3.05) is 19.3 Å². The molecule has 1 aliphatic carbocycles. The Balaban J connectivity index is 1.88. The average molecular weight is 286 g/mol. The van der Waals surface area contributed by atoms with Crippen molar-refractivity contribution in [1.29, 1.82) is 0 Å². The topological polar surface area (TPSA) is 69.6 Å². The largest absolute Gasteiger partial charge is 0.480 e. The highest BCUT2D eigenvalue weighted by atomic mass is 32.2. The van der Waals surface area contributed by atoms with E-state index in [2.05, 4.69) is 11.6 Å². The van der Waals surface area contributed by atoms with Gasteiger partial charge in [-0.05, 0) is 31.9 Å². The number of rotatable bonds is 4. The first kappa shape index (κ1) is 14.5. The zero-order valence-electron chi connectivity index (χ0n) is 11.4. The summed E-state index contributed by atoms with van der Waals surface area (Å²) < 4.78 is 0.161. The smallest absolute Gasteiger partial charge is 0.326 e. The number of hydrogen-bond acceptors (Lipinski definition) is 3. The Hall–Kier alpha value is -0.910. The Morgan fingerprint density at radius 1 is 1.37 bits per heavy atom. The fourth-order valence-corrected chi connectivity index (χ4v) is 3.99. The summed E-state index contributed by atoms with van der Waals surface area (Å²) in [7, 11) is 0. The van der Waals surface area contributed by atoms with Crippen molar-refractivity contribution in [2.24, 2.45) is 0 Å². The van der Waals surface area contributed by atoms with E-state index in [1.54, 1.807) is 0 Å². The van der Waals surface area contributed by atoms with Crippen molar-refractivity contribution in [2.45, 2.75) is 49.3 Å². The van der Waals surface area contributed by atoms with E-state index >= 15 is 0 Å². The van der Waals surface area contributed by atoms with E-state index in [4.69, 9.17) is 5.11 Å². The Morgan fingerprint density at radius 2 is 2.05 bits per heavy atom. The third-order valence-corrected chi connectivity index (χ3v) is 5.73. The lowest BCUT2D eigenvalue weighted by molar-refractivity contribution is -0.141. The van der Waals surface area contributed by atoms with Crippen LogP contribution in [-0.2, 0) is 4.79 Å². The predicted molar refractivity (Wildman–Crippen MR) is 75.5 cm³/mol. The molecule has 0 aromatic heterocycles. The van der Waals surface area contributed by atoms with Crippen molar-refractivity contribution >= 4 is 23.8 Å². The van der Waals surface area contributed by atoms with Gasteiger partial charge in [0.25, 0.3) is 0 Å². The molecule has 0 aromatic carbocycles. The second-order valence-corrected chi connectivity index (χ2v) is 6.72. The van der Waals surface area contributed by atoms with Crippen LogP contribution in [0.3, 0.4) is 0 Å². The molecule has 0 unspecified atom stereocenters. The fraction of sp³-hybridized carbons (Fsp3) is 0.846. The number of likely N-dealkylation sites (tertiary alicyclic amines) is 1. The van der Waals surface area contributed by atoms with Gasteiger partial charge in [-0.15, -0.1) is 0 Å². The molecule has 1 heterocycles. The van der Waals surface area contributed by atoms with E-state index in [-0.39, 0.29) is 10.8 Å². The number of urea groups is 1. The van der Waals surface area contributed by atoms with E-state index in [9.17, 15) is 9.59 Å². The van der Waals surface area contributed by atoms with Crippen molar-refractivity contribution in [1.82, 2.24) is 10.2 Å². The summed E-state index contributed by atoms with van der Waals surface area (Å²) in [4.78, 5) is 24.7. The summed E-state index contributed by atoms with van der Waals surface area (Å²) in [6, 6.07) is -0.862. The summed E-state index contributed by atoms with van der Waals surface area (Å²) in [5, 5.41) is 12.0. The van der Waals surface area contributed by atoms with Crippen molar-refractivity contribution in [3.05, 3.63) is 0 Å². The lowest BCUT2D eigenvalue weighted by Gasteiger charge is -2.29. The van der Waals surface area contributed by atoms with Crippen LogP contribution in [0.25, 0.3) is 0 Å². The Morgan fingerprint density at radius 3 is 2.63 bits per heavy atom. The van der Waals surface area contributed by atoms with Crippen LogP contribution in [0.15, 0.2) is 0 Å². The average Bonchev–Trinajstić information content (AvgIpc) is 3.05. The minimum absolute atomic E-state index is 0.161. The van der Waals surface area contributed by atoms with Gasteiger partial charge >= 0.3 is 12.0 Å². The molecule has 2 N–H and O–H groups in total. The molecule has 1 saturated carbocycles. The van der Waals surface area contributed by atoms with Gasteiger partial charge in [0.05, 0.1) is 0 Å². The number of carbonyl (C=O) groups excluding carboxylic acids is 1. The molecule has 19 heavy (non-hydrogen) atoms. The first-order chi connectivity index (χ1) is 9.08. The first-order valence-corrected chi connectivity index (χ1v) is 8.13. The lowest BCUT2D eigenvalue weighted by atomic mass is 10.1. The molecule has 2 aliphatic rings. The number of hydrogen-bond donors (Lipinski definition) is 2. The maximum absolute atomic E-state index is 12.1. The monoisotopic (exact) mass is 286 g/mol. The maximum Gasteiger partial charge on any atom is 0.326 e. The minimum Gasteiger partial charge on any atom is -0.480 e. The molecule has 108 valence electrons. The lowest BCUT2D eigenvalue weighted by Crippen LogP contribution is -2.49. The Bertz CT molecular complexity index is 356. The van der Waals surface area contributed by atoms with E-state index < -0.39 is 12.0 Å². The van der Waals surface area contributed by atoms with Gasteiger partial charge in [-0.3, -0.25) is 0 Å². The van der Waals surface area contributed by atoms with Crippen LogP contribution in [0.5, 0.6) is 0 Å². The van der Waals surface area contributed by atoms with Gasteiger partial charge in [0, 0.05) is 17.8 Å². The first-order valence-electron chi connectivity index (χ1n) is 6.90. The molecule has 0 bridgehead atoms. The summed E-state index contributed by atoms with van der Waals surface area (Å²) >= 11 is 1.82. The van der Waals surface area contributed by atoms with E-state index in [0.717, 1.165) is 19.3 Å². The normalized spacial score (nSPS) is 25.5. The van der Waals surface area contributed by atoms with Gasteiger partial charge in [-0.25, -0.2) is 9.59 Å². The summed E-state index contributed by atoms with van der Waals surface area (Å²) in [5.41, 5.74) is 0. The SMILES string of the molecule is CSC1(CNC(=O)N2CCC[C@H]2C(=O)O)CCCC1. The minimum atomic E-state index is -0.895. The highest BCUT2D eigenvalue weighted by Crippen LogP contribution is 2.39. The van der Waals surface area contributed by atoms with Gasteiger partial charge in [0.2, 0.25) is 0 Å². The molecule has 2 rings (SSSR count). The van der Waals surface area contributed by atoms with E-state index in [1.165, 1.54) is 17.7 Å². The fourth-order valence-electron chi connectivity index (χ4n) is 3.08. The molecular formula is C13H22N2O3S. The molecule has 0 aromatic rings. The highest BCUT2D eigenvalue weighted by Gasteiger charge is 2.37. The molecule has 0 radical (unpaired) electrons. The number of carboxylic acids is 1.